The summed E-state index contributed by atoms with van der Waals surface area (Å²) < 4.78 is 5.84. The van der Waals surface area contributed by atoms with Gasteiger partial charge in [-0.15, -0.1) is 0 Å². The van der Waals surface area contributed by atoms with E-state index in [2.05, 4.69) is 27.0 Å². The highest BCUT2D eigenvalue weighted by molar-refractivity contribution is 5.33. The molecule has 0 spiro atoms. The second kappa shape index (κ2) is 8.29. The fraction of sp³-hybridized carbons (Fsp3) is 0.273. The van der Waals surface area contributed by atoms with Crippen LogP contribution in [0, 0.1) is 5.92 Å². The second-order valence-electron chi connectivity index (χ2n) is 6.98. The van der Waals surface area contributed by atoms with Gasteiger partial charge in [0.1, 0.15) is 11.5 Å². The number of rotatable bonds is 6. The minimum atomic E-state index is -0.326. The molecule has 1 aromatic heterocycles. The van der Waals surface area contributed by atoms with Crippen molar-refractivity contribution in [1.29, 1.82) is 0 Å². The molecule has 0 saturated carbocycles. The van der Waals surface area contributed by atoms with E-state index in [0.717, 1.165) is 36.7 Å². The first-order valence-corrected chi connectivity index (χ1v) is 9.23. The quantitative estimate of drug-likeness (QED) is 0.730. The Labute approximate surface area is 159 Å². The van der Waals surface area contributed by atoms with E-state index < -0.39 is 0 Å². The molecule has 5 heteroatoms. The second-order valence-corrected chi connectivity index (χ2v) is 6.98. The van der Waals surface area contributed by atoms with Crippen molar-refractivity contribution in [3.05, 3.63) is 84.4 Å². The van der Waals surface area contributed by atoms with Crippen LogP contribution < -0.4 is 4.74 Å². The van der Waals surface area contributed by atoms with Gasteiger partial charge >= 0.3 is 0 Å². The van der Waals surface area contributed by atoms with Crippen LogP contribution in [0.15, 0.2) is 73.2 Å². The lowest BCUT2D eigenvalue weighted by Gasteiger charge is -2.16. The first-order valence-electron chi connectivity index (χ1n) is 9.23. The molecule has 4 rings (SSSR count). The van der Waals surface area contributed by atoms with E-state index >= 15 is 0 Å². The molecule has 5 nitrogen and oxygen atoms in total. The molecule has 0 radical (unpaired) electrons. The fourth-order valence-corrected chi connectivity index (χ4v) is 3.52. The van der Waals surface area contributed by atoms with Gasteiger partial charge < -0.3 is 9.84 Å². The van der Waals surface area contributed by atoms with Crippen LogP contribution in [0.2, 0.25) is 0 Å². The highest BCUT2D eigenvalue weighted by atomic mass is 16.5. The van der Waals surface area contributed by atoms with Crippen LogP contribution in [0.4, 0.5) is 0 Å². The minimum Gasteiger partial charge on any atom is -0.457 e. The van der Waals surface area contributed by atoms with Gasteiger partial charge in [0, 0.05) is 44.1 Å². The molecule has 2 atom stereocenters. The summed E-state index contributed by atoms with van der Waals surface area (Å²) in [6.45, 7) is 2.37. The van der Waals surface area contributed by atoms with E-state index in [4.69, 9.17) is 4.74 Å². The monoisotopic (exact) mass is 361 g/mol. The molecule has 0 unspecified atom stereocenters. The Morgan fingerprint density at radius 3 is 2.48 bits per heavy atom. The van der Waals surface area contributed by atoms with Crippen LogP contribution >= 0.6 is 0 Å². The standard InChI is InChI=1S/C22H23N3O2/c26-22-16-25(15-18(22)12-19-13-23-10-11-24-19)14-17-6-8-21(9-7-17)27-20-4-2-1-3-5-20/h1-11,13,18,22,26H,12,14-16H2/t18-,22-/m1/s1. The number of hydrogen-bond acceptors (Lipinski definition) is 5. The zero-order valence-electron chi connectivity index (χ0n) is 15.1. The molecule has 1 N–H and O–H groups in total. The molecule has 1 saturated heterocycles. The van der Waals surface area contributed by atoms with Crippen molar-refractivity contribution in [2.75, 3.05) is 13.1 Å². The number of aliphatic hydroxyl groups excluding tert-OH is 1. The summed E-state index contributed by atoms with van der Waals surface area (Å²) in [5, 5.41) is 10.4. The van der Waals surface area contributed by atoms with Crippen molar-refractivity contribution in [2.24, 2.45) is 5.92 Å². The highest BCUT2D eigenvalue weighted by Crippen LogP contribution is 2.24. The number of ether oxygens (including phenoxy) is 1. The SMILES string of the molecule is O[C@@H]1CN(Cc2ccc(Oc3ccccc3)cc2)C[C@H]1Cc1cnccn1. The van der Waals surface area contributed by atoms with Crippen LogP contribution in [0.3, 0.4) is 0 Å². The average molecular weight is 361 g/mol. The van der Waals surface area contributed by atoms with Gasteiger partial charge in [0.25, 0.3) is 0 Å². The summed E-state index contributed by atoms with van der Waals surface area (Å²) >= 11 is 0. The summed E-state index contributed by atoms with van der Waals surface area (Å²) in [5.41, 5.74) is 2.15. The summed E-state index contributed by atoms with van der Waals surface area (Å²) in [5.74, 6) is 1.86. The average Bonchev–Trinajstić information content (AvgIpc) is 3.04. The van der Waals surface area contributed by atoms with Gasteiger partial charge in [-0.2, -0.15) is 0 Å². The maximum Gasteiger partial charge on any atom is 0.127 e. The molecule has 3 aromatic rings. The van der Waals surface area contributed by atoms with Crippen LogP contribution in [0.5, 0.6) is 11.5 Å². The lowest BCUT2D eigenvalue weighted by atomic mass is 10.0. The maximum absolute atomic E-state index is 10.4. The summed E-state index contributed by atoms with van der Waals surface area (Å²) in [6, 6.07) is 17.9. The molecule has 0 amide bonds. The zero-order chi connectivity index (χ0) is 18.5. The van der Waals surface area contributed by atoms with Crippen molar-refractivity contribution in [1.82, 2.24) is 14.9 Å². The van der Waals surface area contributed by atoms with Crippen LogP contribution in [0.1, 0.15) is 11.3 Å². The fourth-order valence-electron chi connectivity index (χ4n) is 3.52. The Hall–Kier alpha value is -2.76. The van der Waals surface area contributed by atoms with Gasteiger partial charge in [-0.05, 0) is 36.2 Å². The first kappa shape index (κ1) is 17.6. The van der Waals surface area contributed by atoms with Crippen LogP contribution in [-0.2, 0) is 13.0 Å². The minimum absolute atomic E-state index is 0.197. The molecule has 0 bridgehead atoms. The van der Waals surface area contributed by atoms with Gasteiger partial charge in [0.15, 0.2) is 0 Å². The van der Waals surface area contributed by atoms with Crippen molar-refractivity contribution in [2.45, 2.75) is 19.1 Å². The Morgan fingerprint density at radius 1 is 0.963 bits per heavy atom. The van der Waals surface area contributed by atoms with Gasteiger partial charge in [-0.25, -0.2) is 0 Å². The lowest BCUT2D eigenvalue weighted by molar-refractivity contribution is 0.140. The number of hydrogen-bond donors (Lipinski definition) is 1. The number of likely N-dealkylation sites (tertiary alicyclic amines) is 1. The van der Waals surface area contributed by atoms with Gasteiger partial charge in [0.2, 0.25) is 0 Å². The molecule has 27 heavy (non-hydrogen) atoms. The van der Waals surface area contributed by atoms with E-state index in [1.54, 1.807) is 18.6 Å². The van der Waals surface area contributed by atoms with E-state index in [1.165, 1.54) is 5.56 Å². The molecule has 138 valence electrons. The largest absolute Gasteiger partial charge is 0.457 e. The number of nitrogens with zero attached hydrogens (tertiary/aromatic N) is 3. The third-order valence-corrected chi connectivity index (χ3v) is 4.88. The van der Waals surface area contributed by atoms with E-state index in [1.807, 2.05) is 42.5 Å². The zero-order valence-corrected chi connectivity index (χ0v) is 15.1. The number of aromatic nitrogens is 2. The third-order valence-electron chi connectivity index (χ3n) is 4.88. The van der Waals surface area contributed by atoms with Crippen molar-refractivity contribution < 1.29 is 9.84 Å². The predicted molar refractivity (Wildman–Crippen MR) is 103 cm³/mol. The lowest BCUT2D eigenvalue weighted by Crippen LogP contribution is -2.21. The summed E-state index contributed by atoms with van der Waals surface area (Å²) in [7, 11) is 0. The van der Waals surface area contributed by atoms with Gasteiger partial charge in [-0.3, -0.25) is 14.9 Å². The van der Waals surface area contributed by atoms with E-state index in [0.29, 0.717) is 6.54 Å². The van der Waals surface area contributed by atoms with Crippen LogP contribution in [-0.4, -0.2) is 39.2 Å². The van der Waals surface area contributed by atoms with E-state index in [-0.39, 0.29) is 12.0 Å². The summed E-state index contributed by atoms with van der Waals surface area (Å²) in [6.07, 6.45) is 5.59. The van der Waals surface area contributed by atoms with Crippen molar-refractivity contribution in [3.63, 3.8) is 0 Å². The number of para-hydroxylation sites is 1. The smallest absolute Gasteiger partial charge is 0.127 e. The molecule has 1 aliphatic rings. The van der Waals surface area contributed by atoms with Gasteiger partial charge in [0.05, 0.1) is 11.8 Å². The molecular formula is C22H23N3O2. The number of aliphatic hydroxyl groups is 1. The summed E-state index contributed by atoms with van der Waals surface area (Å²) in [4.78, 5) is 10.7. The Balaban J connectivity index is 1.33. The highest BCUT2D eigenvalue weighted by Gasteiger charge is 2.31. The van der Waals surface area contributed by atoms with Crippen molar-refractivity contribution in [3.8, 4) is 11.5 Å². The molecule has 1 fully saturated rings. The third kappa shape index (κ3) is 4.70. The number of β-amino-alcohol motifs (C(OH)–C–C–N with tert-alkyl or cyclic N) is 1. The molecular weight excluding hydrogens is 338 g/mol. The topological polar surface area (TPSA) is 58.5 Å². The van der Waals surface area contributed by atoms with Crippen LogP contribution in [0.25, 0.3) is 0 Å². The Morgan fingerprint density at radius 2 is 1.74 bits per heavy atom. The van der Waals surface area contributed by atoms with Gasteiger partial charge in [-0.1, -0.05) is 30.3 Å². The first-order chi connectivity index (χ1) is 13.3. The Bertz CT molecular complexity index is 840. The normalized spacial score (nSPS) is 19.9. The van der Waals surface area contributed by atoms with E-state index in [9.17, 15) is 5.11 Å². The van der Waals surface area contributed by atoms with Crippen molar-refractivity contribution >= 4 is 0 Å². The molecule has 0 aliphatic carbocycles. The maximum atomic E-state index is 10.4. The molecule has 1 aliphatic heterocycles. The molecule has 2 aromatic carbocycles. The predicted octanol–water partition coefficient (Wildman–Crippen LogP) is 3.30. The number of benzene rings is 2. The molecule has 2 heterocycles. The Kier molecular flexibility index (Phi) is 5.42.